The van der Waals surface area contributed by atoms with Crippen molar-refractivity contribution in [2.24, 2.45) is 0 Å². The molecule has 2 N–H and O–H groups in total. The Morgan fingerprint density at radius 1 is 1.80 bits per heavy atom. The van der Waals surface area contributed by atoms with Crippen molar-refractivity contribution in [3.05, 3.63) is 11.8 Å². The fourth-order valence-corrected chi connectivity index (χ4v) is 0.630. The molecule has 0 saturated heterocycles. The van der Waals surface area contributed by atoms with Gasteiger partial charge in [0, 0.05) is 20.0 Å². The van der Waals surface area contributed by atoms with Crippen LogP contribution in [0.2, 0.25) is 0 Å². The van der Waals surface area contributed by atoms with Crippen LogP contribution in [-0.2, 0) is 0 Å². The van der Waals surface area contributed by atoms with Gasteiger partial charge in [0.1, 0.15) is 11.5 Å². The summed E-state index contributed by atoms with van der Waals surface area (Å²) < 4.78 is 0. The maximum absolute atomic E-state index is 10.7. The molecule has 0 aromatic carbocycles. The summed E-state index contributed by atoms with van der Waals surface area (Å²) in [6.45, 7) is 1.49. The van der Waals surface area contributed by atoms with Gasteiger partial charge in [-0.05, 0) is 0 Å². The summed E-state index contributed by atoms with van der Waals surface area (Å²) in [5.41, 5.74) is 0.532. The molecule has 0 radical (unpaired) electrons. The number of Topliss-reactive ketones (excluding diaryl/α,β-unsaturated/α-hetero) is 1. The number of hydrogen-bond acceptors (Lipinski definition) is 3. The number of nitrogens with zero attached hydrogens (tertiary/aromatic N) is 1. The number of ketones is 1. The first kappa shape index (κ1) is 6.80. The number of rotatable bonds is 2. The van der Waals surface area contributed by atoms with Crippen molar-refractivity contribution in [1.29, 1.82) is 0 Å². The molecule has 0 saturated carbocycles. The molecule has 0 unspecified atom stereocenters. The van der Waals surface area contributed by atoms with Crippen molar-refractivity contribution in [2.45, 2.75) is 6.92 Å². The lowest BCUT2D eigenvalue weighted by molar-refractivity contribution is 0.101. The Balaban J connectivity index is 2.88. The number of anilines is 1. The average molecular weight is 139 g/mol. The highest BCUT2D eigenvalue weighted by Crippen LogP contribution is 2.03. The van der Waals surface area contributed by atoms with Crippen LogP contribution in [0.25, 0.3) is 0 Å². The summed E-state index contributed by atoms with van der Waals surface area (Å²) in [6.07, 6.45) is 0. The zero-order chi connectivity index (χ0) is 7.56. The normalized spacial score (nSPS) is 9.40. The van der Waals surface area contributed by atoms with E-state index in [1.807, 2.05) is 0 Å². The van der Waals surface area contributed by atoms with E-state index in [-0.39, 0.29) is 5.78 Å². The van der Waals surface area contributed by atoms with E-state index in [1.165, 1.54) is 6.92 Å². The molecule has 1 heterocycles. The van der Waals surface area contributed by atoms with E-state index in [9.17, 15) is 4.79 Å². The number of nitrogens with one attached hydrogen (secondary N) is 2. The van der Waals surface area contributed by atoms with E-state index in [0.29, 0.717) is 11.5 Å². The highest BCUT2D eigenvalue weighted by Gasteiger charge is 2.01. The molecule has 54 valence electrons. The SMILES string of the molecule is CNc1cc(C(C)=O)[nH]n1. The van der Waals surface area contributed by atoms with Gasteiger partial charge in [-0.25, -0.2) is 0 Å². The first-order valence-electron chi connectivity index (χ1n) is 2.98. The molecule has 1 rings (SSSR count). The summed E-state index contributed by atoms with van der Waals surface area (Å²) in [6, 6.07) is 1.67. The molecular weight excluding hydrogens is 130 g/mol. The second-order valence-corrected chi connectivity index (χ2v) is 1.97. The highest BCUT2D eigenvalue weighted by atomic mass is 16.1. The van der Waals surface area contributed by atoms with Crippen LogP contribution in [0.1, 0.15) is 17.4 Å². The van der Waals surface area contributed by atoms with Gasteiger partial charge in [-0.3, -0.25) is 9.89 Å². The summed E-state index contributed by atoms with van der Waals surface area (Å²) in [5, 5.41) is 9.20. The van der Waals surface area contributed by atoms with Crippen LogP contribution < -0.4 is 5.32 Å². The minimum absolute atomic E-state index is 0.00556. The van der Waals surface area contributed by atoms with Gasteiger partial charge in [-0.1, -0.05) is 0 Å². The zero-order valence-corrected chi connectivity index (χ0v) is 5.93. The Morgan fingerprint density at radius 3 is 2.80 bits per heavy atom. The molecule has 1 aromatic heterocycles. The fourth-order valence-electron chi connectivity index (χ4n) is 0.630. The maximum atomic E-state index is 10.7. The van der Waals surface area contributed by atoms with Gasteiger partial charge in [0.15, 0.2) is 5.78 Å². The first-order valence-corrected chi connectivity index (χ1v) is 2.98. The molecule has 0 spiro atoms. The smallest absolute Gasteiger partial charge is 0.177 e. The van der Waals surface area contributed by atoms with Gasteiger partial charge < -0.3 is 5.32 Å². The monoisotopic (exact) mass is 139 g/mol. The lowest BCUT2D eigenvalue weighted by atomic mass is 10.3. The van der Waals surface area contributed by atoms with Crippen LogP contribution in [0.3, 0.4) is 0 Å². The predicted octanol–water partition coefficient (Wildman–Crippen LogP) is 0.654. The standard InChI is InChI=1S/C6H9N3O/c1-4(10)5-3-6(7-2)9-8-5/h3H,1-2H3,(H2,7,8,9). The summed E-state index contributed by atoms with van der Waals surface area (Å²) in [7, 11) is 1.75. The number of carbonyl (C=O) groups is 1. The second-order valence-electron chi connectivity index (χ2n) is 1.97. The molecule has 10 heavy (non-hydrogen) atoms. The summed E-state index contributed by atoms with van der Waals surface area (Å²) in [4.78, 5) is 10.7. The number of H-pyrrole nitrogens is 1. The van der Waals surface area contributed by atoms with E-state index in [0.717, 1.165) is 0 Å². The maximum Gasteiger partial charge on any atom is 0.177 e. The van der Waals surface area contributed by atoms with Crippen LogP contribution in [0.15, 0.2) is 6.07 Å². The van der Waals surface area contributed by atoms with E-state index in [4.69, 9.17) is 0 Å². The molecule has 0 bridgehead atoms. The number of carbonyl (C=O) groups excluding carboxylic acids is 1. The van der Waals surface area contributed by atoms with Gasteiger partial charge in [0.2, 0.25) is 0 Å². The van der Waals surface area contributed by atoms with Gasteiger partial charge in [-0.2, -0.15) is 5.10 Å². The minimum Gasteiger partial charge on any atom is -0.372 e. The molecule has 0 aliphatic rings. The van der Waals surface area contributed by atoms with Crippen LogP contribution in [0.4, 0.5) is 5.82 Å². The van der Waals surface area contributed by atoms with Crippen LogP contribution >= 0.6 is 0 Å². The number of aromatic nitrogens is 2. The van der Waals surface area contributed by atoms with Crippen molar-refractivity contribution in [2.75, 3.05) is 12.4 Å². The van der Waals surface area contributed by atoms with Gasteiger partial charge in [-0.15, -0.1) is 0 Å². The number of aromatic amines is 1. The van der Waals surface area contributed by atoms with Gasteiger partial charge in [0.05, 0.1) is 0 Å². The molecule has 0 atom stereocenters. The molecular formula is C6H9N3O. The van der Waals surface area contributed by atoms with Crippen molar-refractivity contribution in [3.63, 3.8) is 0 Å². The minimum atomic E-state index is -0.00556. The Bertz CT molecular complexity index is 241. The molecule has 0 amide bonds. The molecule has 4 heteroatoms. The molecule has 4 nitrogen and oxygen atoms in total. The topological polar surface area (TPSA) is 57.8 Å². The third-order valence-corrected chi connectivity index (χ3v) is 1.21. The van der Waals surface area contributed by atoms with Crippen LogP contribution in [-0.4, -0.2) is 23.0 Å². The van der Waals surface area contributed by atoms with Crippen molar-refractivity contribution >= 4 is 11.6 Å². The lowest BCUT2D eigenvalue weighted by Gasteiger charge is -1.85. The van der Waals surface area contributed by atoms with Crippen molar-refractivity contribution < 1.29 is 4.79 Å². The zero-order valence-electron chi connectivity index (χ0n) is 5.93. The van der Waals surface area contributed by atoms with E-state index >= 15 is 0 Å². The lowest BCUT2D eigenvalue weighted by Crippen LogP contribution is -1.90. The van der Waals surface area contributed by atoms with Crippen molar-refractivity contribution in [3.8, 4) is 0 Å². The second kappa shape index (κ2) is 2.51. The average Bonchev–Trinajstić information content (AvgIpc) is 2.34. The van der Waals surface area contributed by atoms with Crippen LogP contribution in [0.5, 0.6) is 0 Å². The van der Waals surface area contributed by atoms with E-state index in [2.05, 4.69) is 15.5 Å². The predicted molar refractivity (Wildman–Crippen MR) is 38.1 cm³/mol. The molecule has 0 fully saturated rings. The largest absolute Gasteiger partial charge is 0.372 e. The highest BCUT2D eigenvalue weighted by molar-refractivity contribution is 5.92. The third-order valence-electron chi connectivity index (χ3n) is 1.21. The van der Waals surface area contributed by atoms with E-state index < -0.39 is 0 Å². The third kappa shape index (κ3) is 1.15. The quantitative estimate of drug-likeness (QED) is 0.591. The Hall–Kier alpha value is -1.32. The van der Waals surface area contributed by atoms with Gasteiger partial charge in [0.25, 0.3) is 0 Å². The van der Waals surface area contributed by atoms with Crippen molar-refractivity contribution in [1.82, 2.24) is 10.2 Å². The first-order chi connectivity index (χ1) is 4.74. The van der Waals surface area contributed by atoms with E-state index in [1.54, 1.807) is 13.1 Å². The fraction of sp³-hybridized carbons (Fsp3) is 0.333. The number of hydrogen-bond donors (Lipinski definition) is 2. The molecule has 0 aliphatic carbocycles. The van der Waals surface area contributed by atoms with Crippen LogP contribution in [0, 0.1) is 0 Å². The molecule has 1 aromatic rings. The Labute approximate surface area is 58.6 Å². The Kier molecular flexibility index (Phi) is 1.71. The summed E-state index contributed by atoms with van der Waals surface area (Å²) >= 11 is 0. The Morgan fingerprint density at radius 2 is 2.50 bits per heavy atom. The molecule has 0 aliphatic heterocycles. The summed E-state index contributed by atoms with van der Waals surface area (Å²) in [5.74, 6) is 0.680. The van der Waals surface area contributed by atoms with Gasteiger partial charge >= 0.3 is 0 Å².